The Morgan fingerprint density at radius 2 is 1.54 bits per heavy atom. The molecule has 2 saturated heterocycles. The van der Waals surface area contributed by atoms with Crippen LogP contribution in [0.15, 0.2) is 47.5 Å². The number of methoxy groups -OCH3 is 1. The standard InChI is InChI=1S/C21H27N5O4.C11H15N5O6.BBr3/c1-5-15-13(2)20(3,29-12-14-9-7-6-8-10-14)21(27,30-15)16-11-23-17-18(28-4)24-19(22)25-26(16)17;1-10(20)6(18)4(3-17)22-11(10,21)5-2-13-7-8(19)14-9(12)15-16(5)7;2-1(3)4/h6-11,13,15,27H,5,12H2,1-4H3,(H2,22,25);2,4,6,17-18,20-21H,3H2,1H3,(H3,12,14,15,19);/t13-,15-,20-,21+;4-,6-,10-,11+;/m11./s1. The topological polar surface area (TPSA) is 296 Å². The van der Waals surface area contributed by atoms with Gasteiger partial charge in [-0.05, 0) is 25.8 Å². The molecule has 2 aliphatic heterocycles. The quantitative estimate of drug-likeness (QED) is 0.101. The van der Waals surface area contributed by atoms with Crippen LogP contribution in [0.25, 0.3) is 11.3 Å². The van der Waals surface area contributed by atoms with Crippen LogP contribution in [-0.2, 0) is 32.4 Å². The van der Waals surface area contributed by atoms with Gasteiger partial charge in [0.05, 0.1) is 38.8 Å². The molecule has 2 fully saturated rings. The monoisotopic (exact) mass is 974 g/mol. The van der Waals surface area contributed by atoms with Crippen LogP contribution in [-0.4, -0.2) is 111 Å². The highest BCUT2D eigenvalue weighted by Gasteiger charge is 2.65. The molecule has 6 heterocycles. The molecule has 20 nitrogen and oxygen atoms in total. The van der Waals surface area contributed by atoms with Gasteiger partial charge in [-0.1, -0.05) is 44.2 Å². The van der Waals surface area contributed by atoms with Gasteiger partial charge >= 0.3 is 3.18 Å². The van der Waals surface area contributed by atoms with E-state index < -0.39 is 47.2 Å². The predicted octanol–water partition coefficient (Wildman–Crippen LogP) is 1.08. The number of aromatic amines is 1. The number of nitrogen functional groups attached to an aromatic ring is 2. The van der Waals surface area contributed by atoms with Crippen molar-refractivity contribution in [1.29, 1.82) is 0 Å². The summed E-state index contributed by atoms with van der Waals surface area (Å²) in [6.07, 6.45) is 0.253. The Labute approximate surface area is 344 Å². The van der Waals surface area contributed by atoms with E-state index in [0.717, 1.165) is 23.2 Å². The Morgan fingerprint density at radius 3 is 2.11 bits per heavy atom. The number of H-pyrrole nitrogens is 1. The molecular weight excluding hydrogens is 935 g/mol. The Balaban J connectivity index is 0.000000203. The number of nitrogens with zero attached hydrogens (tertiary/aromatic N) is 7. The molecule has 304 valence electrons. The minimum atomic E-state index is -2.45. The van der Waals surface area contributed by atoms with E-state index in [-0.39, 0.29) is 44.3 Å². The van der Waals surface area contributed by atoms with Crippen molar-refractivity contribution < 1.29 is 44.5 Å². The molecule has 0 radical (unpaired) electrons. The molecule has 7 rings (SSSR count). The Morgan fingerprint density at radius 1 is 0.964 bits per heavy atom. The number of hydrogen-bond donors (Lipinski definition) is 8. The lowest BCUT2D eigenvalue weighted by Gasteiger charge is -2.39. The van der Waals surface area contributed by atoms with Crippen LogP contribution in [0.1, 0.15) is 51.1 Å². The normalized spacial score (nSPS) is 29.8. The van der Waals surface area contributed by atoms with Gasteiger partial charge < -0.3 is 55.9 Å². The summed E-state index contributed by atoms with van der Waals surface area (Å²) in [5, 5.41) is 60.3. The van der Waals surface area contributed by atoms with Gasteiger partial charge in [0.15, 0.2) is 0 Å². The molecule has 0 spiro atoms. The summed E-state index contributed by atoms with van der Waals surface area (Å²) < 4.78 is 25.7. The first-order chi connectivity index (χ1) is 26.3. The number of fused-ring (bicyclic) bond motifs is 2. The number of halogens is 3. The number of benzene rings is 1. The van der Waals surface area contributed by atoms with Crippen molar-refractivity contribution in [1.82, 2.24) is 39.2 Å². The SMILES string of the molecule is BrB(Br)Br.CC[C@H]1O[C@@](O)(c2cnc3c(OC)nc(N)nn23)[C@](C)(OCc2ccccc2)[C@@H]1C.C[C@@]1(O)[C@H](O)[C@@H](CO)O[C@@]1(O)c1cnc2c(=O)[nH]c(N)nn12. The second-order valence-electron chi connectivity index (χ2n) is 13.3. The third-order valence-corrected chi connectivity index (χ3v) is 9.95. The van der Waals surface area contributed by atoms with Gasteiger partial charge in [0.2, 0.25) is 34.8 Å². The molecule has 1 aromatic carbocycles. The maximum absolute atomic E-state index is 11.9. The summed E-state index contributed by atoms with van der Waals surface area (Å²) in [6, 6.07) is 9.81. The fourth-order valence-electron chi connectivity index (χ4n) is 6.69. The van der Waals surface area contributed by atoms with E-state index in [4.69, 9.17) is 30.4 Å². The number of hydrogen-bond acceptors (Lipinski definition) is 17. The number of nitrogens with one attached hydrogen (secondary N) is 1. The van der Waals surface area contributed by atoms with E-state index in [1.54, 1.807) is 0 Å². The van der Waals surface area contributed by atoms with Crippen molar-refractivity contribution in [2.75, 3.05) is 25.2 Å². The minimum absolute atomic E-state index is 0.00723. The van der Waals surface area contributed by atoms with Crippen molar-refractivity contribution in [2.45, 2.75) is 81.8 Å². The molecule has 0 unspecified atom stereocenters. The first kappa shape index (κ1) is 43.8. The Bertz CT molecular complexity index is 2200. The molecule has 56 heavy (non-hydrogen) atoms. The minimum Gasteiger partial charge on any atom is -0.478 e. The average Bonchev–Trinajstić information content (AvgIpc) is 3.87. The van der Waals surface area contributed by atoms with E-state index in [1.807, 2.05) is 51.1 Å². The molecular formula is C32H42BBr3N10O10. The zero-order valence-electron chi connectivity index (χ0n) is 30.7. The van der Waals surface area contributed by atoms with Gasteiger partial charge in [-0.15, -0.1) is 57.5 Å². The molecule has 4 aromatic heterocycles. The second-order valence-corrected chi connectivity index (χ2v) is 19.7. The average molecular weight is 977 g/mol. The Kier molecular flexibility index (Phi) is 13.2. The van der Waals surface area contributed by atoms with E-state index in [2.05, 4.69) is 77.4 Å². The summed E-state index contributed by atoms with van der Waals surface area (Å²) in [7, 11) is 1.47. The third kappa shape index (κ3) is 7.80. The van der Waals surface area contributed by atoms with Gasteiger partial charge in [-0.3, -0.25) is 9.78 Å². The number of anilines is 2. The van der Waals surface area contributed by atoms with E-state index >= 15 is 0 Å². The number of ether oxygens (including phenoxy) is 4. The van der Waals surface area contributed by atoms with Gasteiger partial charge in [-0.25, -0.2) is 19.0 Å². The van der Waals surface area contributed by atoms with E-state index in [0.29, 0.717) is 24.4 Å². The predicted molar refractivity (Wildman–Crippen MR) is 213 cm³/mol. The van der Waals surface area contributed by atoms with Gasteiger partial charge in [0, 0.05) is 5.92 Å². The number of aromatic nitrogens is 8. The first-order valence-electron chi connectivity index (χ1n) is 17.0. The lowest BCUT2D eigenvalue weighted by Crippen LogP contribution is -2.53. The van der Waals surface area contributed by atoms with E-state index in [1.165, 1.54) is 17.8 Å². The van der Waals surface area contributed by atoms with Crippen LogP contribution >= 0.6 is 47.3 Å². The lowest BCUT2D eigenvalue weighted by molar-refractivity contribution is -0.288. The summed E-state index contributed by atoms with van der Waals surface area (Å²) in [5.41, 5.74) is 8.64. The molecule has 0 amide bonds. The van der Waals surface area contributed by atoms with Crippen LogP contribution in [0.2, 0.25) is 0 Å². The molecule has 0 saturated carbocycles. The molecule has 24 heteroatoms. The van der Waals surface area contributed by atoms with Crippen LogP contribution in [0.5, 0.6) is 5.88 Å². The molecule has 10 N–H and O–H groups in total. The lowest BCUT2D eigenvalue weighted by atomic mass is 9.81. The van der Waals surface area contributed by atoms with Crippen molar-refractivity contribution in [3.8, 4) is 5.88 Å². The molecule has 0 bridgehead atoms. The van der Waals surface area contributed by atoms with E-state index in [9.17, 15) is 30.3 Å². The highest BCUT2D eigenvalue weighted by molar-refractivity contribution is 9.69. The summed E-state index contributed by atoms with van der Waals surface area (Å²) in [6.45, 7) is 6.71. The fourth-order valence-corrected chi connectivity index (χ4v) is 6.69. The first-order valence-corrected chi connectivity index (χ1v) is 19.8. The molecule has 5 aromatic rings. The smallest absolute Gasteiger partial charge is 0.369 e. The van der Waals surface area contributed by atoms with Crippen molar-refractivity contribution in [2.24, 2.45) is 5.92 Å². The number of nitrogens with two attached hydrogens (primary N) is 2. The Hall–Kier alpha value is -3.30. The van der Waals surface area contributed by atoms with Gasteiger partial charge in [-0.2, -0.15) is 4.98 Å². The summed E-state index contributed by atoms with van der Waals surface area (Å²) in [4.78, 5) is 26.2. The number of rotatable bonds is 8. The number of imidazole rings is 2. The van der Waals surface area contributed by atoms with Crippen molar-refractivity contribution >= 4 is 73.6 Å². The zero-order chi connectivity index (χ0) is 41.4. The van der Waals surface area contributed by atoms with Gasteiger partial charge in [0.25, 0.3) is 11.4 Å². The zero-order valence-corrected chi connectivity index (χ0v) is 35.5. The van der Waals surface area contributed by atoms with Crippen LogP contribution in [0.4, 0.5) is 11.9 Å². The van der Waals surface area contributed by atoms with Crippen molar-refractivity contribution in [3.63, 3.8) is 0 Å². The molecule has 8 atom stereocenters. The highest BCUT2D eigenvalue weighted by Crippen LogP contribution is 2.52. The maximum atomic E-state index is 11.9. The maximum Gasteiger partial charge on any atom is 0.369 e. The summed E-state index contributed by atoms with van der Waals surface area (Å²) in [5.74, 6) is -4.41. The van der Waals surface area contributed by atoms with Crippen LogP contribution in [0.3, 0.4) is 0 Å². The van der Waals surface area contributed by atoms with Crippen LogP contribution < -0.4 is 21.8 Å². The van der Waals surface area contributed by atoms with Crippen molar-refractivity contribution in [3.05, 3.63) is 70.0 Å². The molecule has 0 aliphatic carbocycles. The largest absolute Gasteiger partial charge is 0.478 e. The highest BCUT2D eigenvalue weighted by atomic mass is 79.9. The summed E-state index contributed by atoms with van der Waals surface area (Å²) >= 11 is 9.31. The molecule has 2 aliphatic rings. The second kappa shape index (κ2) is 16.9. The fraction of sp³-hybridized carbons (Fsp3) is 0.500. The number of aliphatic hydroxyl groups excluding tert-OH is 2. The van der Waals surface area contributed by atoms with Crippen LogP contribution in [0, 0.1) is 5.92 Å². The van der Waals surface area contributed by atoms with Gasteiger partial charge in [0.1, 0.15) is 34.8 Å². The third-order valence-electron chi connectivity index (χ3n) is 9.95. The number of aliphatic hydroxyl groups is 5.